The van der Waals surface area contributed by atoms with Gasteiger partial charge in [0.15, 0.2) is 0 Å². The second-order valence-electron chi connectivity index (χ2n) is 4.79. The molecule has 110 valence electrons. The van der Waals surface area contributed by atoms with Crippen molar-refractivity contribution < 1.29 is 9.90 Å². The Balaban J connectivity index is 2.10. The highest BCUT2D eigenvalue weighted by Gasteiger charge is 2.19. The zero-order chi connectivity index (χ0) is 15.4. The zero-order valence-corrected chi connectivity index (χ0v) is 12.6. The van der Waals surface area contributed by atoms with Gasteiger partial charge in [0.1, 0.15) is 5.75 Å². The van der Waals surface area contributed by atoms with Crippen LogP contribution in [0.5, 0.6) is 5.75 Å². The van der Waals surface area contributed by atoms with E-state index in [4.69, 9.17) is 11.6 Å². The minimum absolute atomic E-state index is 0.174. The number of carbonyl (C=O) groups is 1. The summed E-state index contributed by atoms with van der Waals surface area (Å²) in [6.45, 7) is 1.85. The van der Waals surface area contributed by atoms with Crippen LogP contribution in [0.3, 0.4) is 0 Å². The van der Waals surface area contributed by atoms with Crippen molar-refractivity contribution in [3.8, 4) is 5.75 Å². The lowest BCUT2D eigenvalue weighted by Gasteiger charge is -2.26. The smallest absolute Gasteiger partial charge is 0.322 e. The van der Waals surface area contributed by atoms with Gasteiger partial charge in [-0.25, -0.2) is 4.79 Å². The first-order valence-corrected chi connectivity index (χ1v) is 6.94. The van der Waals surface area contributed by atoms with Crippen LogP contribution in [-0.2, 0) is 0 Å². The summed E-state index contributed by atoms with van der Waals surface area (Å²) in [6, 6.07) is 13.4. The maximum Gasteiger partial charge on any atom is 0.322 e. The van der Waals surface area contributed by atoms with Crippen molar-refractivity contribution in [3.05, 3.63) is 59.1 Å². The maximum atomic E-state index is 12.2. The average Bonchev–Trinajstić information content (AvgIpc) is 2.46. The van der Waals surface area contributed by atoms with E-state index in [1.807, 2.05) is 13.0 Å². The number of phenolic OH excluding ortho intramolecular Hbond substituents is 1. The van der Waals surface area contributed by atoms with Crippen LogP contribution < -0.4 is 5.32 Å². The Kier molecular flexibility index (Phi) is 4.70. The Morgan fingerprint density at radius 2 is 1.95 bits per heavy atom. The first-order chi connectivity index (χ1) is 9.99. The SMILES string of the molecule is CC(c1ccccc1O)N(C)C(=O)Nc1cccc(Cl)c1. The summed E-state index contributed by atoms with van der Waals surface area (Å²) < 4.78 is 0. The number of rotatable bonds is 3. The summed E-state index contributed by atoms with van der Waals surface area (Å²) in [5.41, 5.74) is 1.32. The Labute approximate surface area is 129 Å². The number of aromatic hydroxyl groups is 1. The molecule has 0 radical (unpaired) electrons. The second kappa shape index (κ2) is 6.50. The van der Waals surface area contributed by atoms with Gasteiger partial charge in [0.2, 0.25) is 0 Å². The summed E-state index contributed by atoms with van der Waals surface area (Å²) in [5, 5.41) is 13.2. The Hall–Kier alpha value is -2.20. The van der Waals surface area contributed by atoms with Gasteiger partial charge in [0.05, 0.1) is 6.04 Å². The number of para-hydroxylation sites is 1. The van der Waals surface area contributed by atoms with Gasteiger partial charge in [-0.1, -0.05) is 35.9 Å². The van der Waals surface area contributed by atoms with Crippen LogP contribution in [0.1, 0.15) is 18.5 Å². The first-order valence-electron chi connectivity index (χ1n) is 6.56. The minimum Gasteiger partial charge on any atom is -0.508 e. The molecule has 1 atom stereocenters. The Morgan fingerprint density at radius 1 is 1.24 bits per heavy atom. The van der Waals surface area contributed by atoms with E-state index in [2.05, 4.69) is 5.32 Å². The summed E-state index contributed by atoms with van der Waals surface area (Å²) in [7, 11) is 1.68. The third-order valence-corrected chi connectivity index (χ3v) is 3.60. The third kappa shape index (κ3) is 3.67. The molecule has 2 aromatic carbocycles. The van der Waals surface area contributed by atoms with Crippen LogP contribution in [-0.4, -0.2) is 23.1 Å². The highest BCUT2D eigenvalue weighted by molar-refractivity contribution is 6.30. The van der Waals surface area contributed by atoms with Gasteiger partial charge < -0.3 is 15.3 Å². The van der Waals surface area contributed by atoms with E-state index in [0.29, 0.717) is 16.3 Å². The molecule has 21 heavy (non-hydrogen) atoms. The second-order valence-corrected chi connectivity index (χ2v) is 5.22. The number of halogens is 1. The van der Waals surface area contributed by atoms with E-state index in [-0.39, 0.29) is 17.8 Å². The van der Waals surface area contributed by atoms with Crippen molar-refractivity contribution in [2.75, 3.05) is 12.4 Å². The molecule has 0 aliphatic heterocycles. The summed E-state index contributed by atoms with van der Waals surface area (Å²) in [4.78, 5) is 13.8. The van der Waals surface area contributed by atoms with E-state index >= 15 is 0 Å². The lowest BCUT2D eigenvalue weighted by atomic mass is 10.1. The Morgan fingerprint density at radius 3 is 2.62 bits per heavy atom. The molecule has 0 saturated heterocycles. The molecule has 0 fully saturated rings. The fourth-order valence-corrected chi connectivity index (χ4v) is 2.19. The van der Waals surface area contributed by atoms with Gasteiger partial charge in [0.25, 0.3) is 0 Å². The molecule has 5 heteroatoms. The van der Waals surface area contributed by atoms with Crippen LogP contribution in [0, 0.1) is 0 Å². The van der Waals surface area contributed by atoms with E-state index in [1.165, 1.54) is 4.90 Å². The normalized spacial score (nSPS) is 11.8. The number of benzene rings is 2. The molecule has 4 nitrogen and oxygen atoms in total. The number of urea groups is 1. The van der Waals surface area contributed by atoms with E-state index in [9.17, 15) is 9.90 Å². The number of hydrogen-bond donors (Lipinski definition) is 2. The highest BCUT2D eigenvalue weighted by Crippen LogP contribution is 2.27. The number of anilines is 1. The lowest BCUT2D eigenvalue weighted by Crippen LogP contribution is -2.33. The topological polar surface area (TPSA) is 52.6 Å². The minimum atomic E-state index is -0.270. The van der Waals surface area contributed by atoms with Crippen molar-refractivity contribution in [2.45, 2.75) is 13.0 Å². The quantitative estimate of drug-likeness (QED) is 0.889. The van der Waals surface area contributed by atoms with E-state index < -0.39 is 0 Å². The molecule has 0 aromatic heterocycles. The van der Waals surface area contributed by atoms with Crippen LogP contribution in [0.4, 0.5) is 10.5 Å². The summed E-state index contributed by atoms with van der Waals surface area (Å²) in [5.74, 6) is 0.174. The van der Waals surface area contributed by atoms with Crippen LogP contribution >= 0.6 is 11.6 Å². The van der Waals surface area contributed by atoms with Gasteiger partial charge in [-0.05, 0) is 31.2 Å². The summed E-state index contributed by atoms with van der Waals surface area (Å²) >= 11 is 5.89. The molecule has 2 aromatic rings. The molecule has 0 bridgehead atoms. The van der Waals surface area contributed by atoms with Crippen molar-refractivity contribution in [3.63, 3.8) is 0 Å². The highest BCUT2D eigenvalue weighted by atomic mass is 35.5. The molecule has 0 aliphatic carbocycles. The molecule has 0 spiro atoms. The van der Waals surface area contributed by atoms with Gasteiger partial charge in [0, 0.05) is 23.3 Å². The van der Waals surface area contributed by atoms with Gasteiger partial charge in [-0.2, -0.15) is 0 Å². The number of phenols is 1. The van der Waals surface area contributed by atoms with Crippen molar-refractivity contribution in [2.24, 2.45) is 0 Å². The molecule has 0 saturated carbocycles. The third-order valence-electron chi connectivity index (χ3n) is 3.36. The molecule has 1 unspecified atom stereocenters. The van der Waals surface area contributed by atoms with Gasteiger partial charge in [-0.3, -0.25) is 0 Å². The first kappa shape index (κ1) is 15.2. The van der Waals surface area contributed by atoms with Crippen LogP contribution in [0.25, 0.3) is 0 Å². The number of carbonyl (C=O) groups excluding carboxylic acids is 1. The van der Waals surface area contributed by atoms with Crippen molar-refractivity contribution in [1.29, 1.82) is 0 Å². The van der Waals surface area contributed by atoms with Gasteiger partial charge >= 0.3 is 6.03 Å². The van der Waals surface area contributed by atoms with Crippen LogP contribution in [0.15, 0.2) is 48.5 Å². The summed E-state index contributed by atoms with van der Waals surface area (Å²) in [6.07, 6.45) is 0. The Bertz CT molecular complexity index is 646. The number of nitrogens with zero attached hydrogens (tertiary/aromatic N) is 1. The monoisotopic (exact) mass is 304 g/mol. The number of amides is 2. The molecule has 2 N–H and O–H groups in total. The maximum absolute atomic E-state index is 12.2. The standard InChI is InChI=1S/C16H17ClN2O2/c1-11(14-8-3-4-9-15(14)20)19(2)16(21)18-13-7-5-6-12(17)10-13/h3-11,20H,1-2H3,(H,18,21). The van der Waals surface area contributed by atoms with Gasteiger partial charge in [-0.15, -0.1) is 0 Å². The molecular formula is C16H17ClN2O2. The van der Waals surface area contributed by atoms with E-state index in [1.54, 1.807) is 49.5 Å². The zero-order valence-electron chi connectivity index (χ0n) is 11.9. The predicted molar refractivity (Wildman–Crippen MR) is 84.8 cm³/mol. The van der Waals surface area contributed by atoms with Crippen molar-refractivity contribution >= 4 is 23.3 Å². The molecule has 2 rings (SSSR count). The molecule has 0 aliphatic rings. The largest absolute Gasteiger partial charge is 0.508 e. The lowest BCUT2D eigenvalue weighted by molar-refractivity contribution is 0.207. The molecule has 2 amide bonds. The fourth-order valence-electron chi connectivity index (χ4n) is 2.00. The average molecular weight is 305 g/mol. The van der Waals surface area contributed by atoms with E-state index in [0.717, 1.165) is 0 Å². The number of nitrogens with one attached hydrogen (secondary N) is 1. The van der Waals surface area contributed by atoms with Crippen LogP contribution in [0.2, 0.25) is 5.02 Å². The van der Waals surface area contributed by atoms with Crippen molar-refractivity contribution in [1.82, 2.24) is 4.90 Å². The fraction of sp³-hybridized carbons (Fsp3) is 0.188. The number of hydrogen-bond acceptors (Lipinski definition) is 2. The molecular weight excluding hydrogens is 288 g/mol. The predicted octanol–water partition coefficient (Wildman–Crippen LogP) is 4.27. The molecule has 0 heterocycles.